The maximum absolute atomic E-state index is 13.5. The summed E-state index contributed by atoms with van der Waals surface area (Å²) < 4.78 is 0. The third kappa shape index (κ3) is 19.6. The number of aliphatic hydroxyl groups is 3. The Morgan fingerprint density at radius 3 is 1.42 bits per heavy atom. The minimum Gasteiger partial charge on any atom is -0.386 e. The lowest BCUT2D eigenvalue weighted by atomic mass is 9.78. The predicted molar refractivity (Wildman–Crippen MR) is 203 cm³/mol. The molecule has 4 atom stereocenters. The molecule has 0 spiro atoms. The zero-order valence-electron chi connectivity index (χ0n) is 32.0. The van der Waals surface area contributed by atoms with Crippen LogP contribution in [0.4, 0.5) is 0 Å². The van der Waals surface area contributed by atoms with Crippen molar-refractivity contribution in [2.45, 2.75) is 224 Å². The van der Waals surface area contributed by atoms with E-state index >= 15 is 0 Å². The fourth-order valence-electron chi connectivity index (χ4n) is 6.82. The smallest absolute Gasteiger partial charge is 0.211 e. The van der Waals surface area contributed by atoms with Crippen LogP contribution in [0, 0.1) is 0 Å². The number of aromatic amines is 1. The average molecular weight is 706 g/mol. The van der Waals surface area contributed by atoms with Crippen molar-refractivity contribution >= 4 is 17.3 Å². The zero-order chi connectivity index (χ0) is 36.9. The molecule has 6 N–H and O–H groups in total. The van der Waals surface area contributed by atoms with Crippen molar-refractivity contribution < 1.29 is 29.7 Å². The Morgan fingerprint density at radius 1 is 0.660 bits per heavy atom. The van der Waals surface area contributed by atoms with E-state index in [2.05, 4.69) is 23.8 Å². The number of aliphatic hydroxyl groups excluding tert-OH is 2. The SMILES string of the molecule is CCCCCCCCCCCCCCCC(=O)C(O)C(O)C(O)(C(=O)CCCCCCCCCCCCCCC)C(=O)[C@@H](N)Cc1cnc[nH]1. The Kier molecular flexibility index (Phi) is 27.3. The van der Waals surface area contributed by atoms with Gasteiger partial charge in [0, 0.05) is 31.2 Å². The molecule has 0 saturated heterocycles. The largest absolute Gasteiger partial charge is 0.386 e. The molecular formula is C41H75N3O6. The molecular weight excluding hydrogens is 630 g/mol. The quantitative estimate of drug-likeness (QED) is 0.0343. The van der Waals surface area contributed by atoms with Crippen molar-refractivity contribution in [2.75, 3.05) is 0 Å². The highest BCUT2D eigenvalue weighted by atomic mass is 16.4. The van der Waals surface area contributed by atoms with Crippen molar-refractivity contribution in [2.24, 2.45) is 5.73 Å². The number of ketones is 3. The van der Waals surface area contributed by atoms with E-state index in [1.54, 1.807) is 0 Å². The second-order valence-electron chi connectivity index (χ2n) is 14.8. The molecule has 290 valence electrons. The van der Waals surface area contributed by atoms with Gasteiger partial charge in [0.05, 0.1) is 12.4 Å². The topological polar surface area (TPSA) is 167 Å². The summed E-state index contributed by atoms with van der Waals surface area (Å²) in [6.45, 7) is 4.46. The first-order valence-electron chi connectivity index (χ1n) is 20.6. The van der Waals surface area contributed by atoms with Gasteiger partial charge in [0.1, 0.15) is 12.2 Å². The molecule has 9 heteroatoms. The maximum Gasteiger partial charge on any atom is 0.211 e. The van der Waals surface area contributed by atoms with Gasteiger partial charge in [0.15, 0.2) is 17.3 Å². The predicted octanol–water partition coefficient (Wildman–Crippen LogP) is 8.40. The van der Waals surface area contributed by atoms with Gasteiger partial charge < -0.3 is 26.0 Å². The molecule has 0 fully saturated rings. The monoisotopic (exact) mass is 706 g/mol. The molecule has 0 amide bonds. The van der Waals surface area contributed by atoms with Crippen LogP contribution in [0.3, 0.4) is 0 Å². The lowest BCUT2D eigenvalue weighted by Gasteiger charge is -2.34. The van der Waals surface area contributed by atoms with Gasteiger partial charge in [-0.3, -0.25) is 14.4 Å². The van der Waals surface area contributed by atoms with E-state index in [1.165, 1.54) is 122 Å². The number of H-pyrrole nitrogens is 1. The Hall–Kier alpha value is -1.94. The molecule has 0 aliphatic rings. The molecule has 0 bridgehead atoms. The first-order chi connectivity index (χ1) is 24.2. The van der Waals surface area contributed by atoms with Gasteiger partial charge in [-0.05, 0) is 12.8 Å². The number of nitrogens with one attached hydrogen (secondary N) is 1. The normalized spacial score (nSPS) is 14.7. The molecule has 3 unspecified atom stereocenters. The van der Waals surface area contributed by atoms with Gasteiger partial charge in [0.2, 0.25) is 5.60 Å². The minimum atomic E-state index is -2.98. The molecule has 0 radical (unpaired) electrons. The Bertz CT molecular complexity index is 987. The van der Waals surface area contributed by atoms with Crippen molar-refractivity contribution in [1.82, 2.24) is 9.97 Å². The highest BCUT2D eigenvalue weighted by Gasteiger charge is 2.54. The summed E-state index contributed by atoms with van der Waals surface area (Å²) in [4.78, 5) is 46.6. The summed E-state index contributed by atoms with van der Waals surface area (Å²) >= 11 is 0. The van der Waals surface area contributed by atoms with Crippen LogP contribution in [0.1, 0.15) is 199 Å². The van der Waals surface area contributed by atoms with E-state index < -0.39 is 41.2 Å². The van der Waals surface area contributed by atoms with Gasteiger partial charge in [-0.1, -0.05) is 168 Å². The van der Waals surface area contributed by atoms with Gasteiger partial charge in [-0.15, -0.1) is 0 Å². The first kappa shape index (κ1) is 46.1. The summed E-state index contributed by atoms with van der Waals surface area (Å²) in [6.07, 6.45) is 27.8. The van der Waals surface area contributed by atoms with E-state index in [0.717, 1.165) is 44.9 Å². The molecule has 1 rings (SSSR count). The van der Waals surface area contributed by atoms with Crippen molar-refractivity contribution in [3.05, 3.63) is 18.2 Å². The highest BCUT2D eigenvalue weighted by molar-refractivity contribution is 6.13. The summed E-state index contributed by atoms with van der Waals surface area (Å²) in [5.41, 5.74) is 3.66. The lowest BCUT2D eigenvalue weighted by Crippen LogP contribution is -2.65. The first-order valence-corrected chi connectivity index (χ1v) is 20.6. The molecule has 0 aliphatic carbocycles. The Balaban J connectivity index is 2.53. The van der Waals surface area contributed by atoms with E-state index in [-0.39, 0.29) is 19.3 Å². The number of imidazole rings is 1. The average Bonchev–Trinajstić information content (AvgIpc) is 3.63. The zero-order valence-corrected chi connectivity index (χ0v) is 32.0. The van der Waals surface area contributed by atoms with Crippen LogP contribution in [-0.2, 0) is 20.8 Å². The third-order valence-electron chi connectivity index (χ3n) is 10.2. The van der Waals surface area contributed by atoms with Crippen LogP contribution in [0.15, 0.2) is 12.5 Å². The van der Waals surface area contributed by atoms with Crippen LogP contribution in [-0.4, -0.2) is 66.5 Å². The summed E-state index contributed by atoms with van der Waals surface area (Å²) in [7, 11) is 0. The number of Topliss-reactive ketones (excluding diaryl/α,β-unsaturated/α-hetero) is 3. The summed E-state index contributed by atoms with van der Waals surface area (Å²) in [5, 5.41) is 33.4. The van der Waals surface area contributed by atoms with E-state index in [0.29, 0.717) is 18.5 Å². The van der Waals surface area contributed by atoms with Crippen LogP contribution in [0.5, 0.6) is 0 Å². The number of aromatic nitrogens is 2. The second-order valence-corrected chi connectivity index (χ2v) is 14.8. The number of nitrogens with two attached hydrogens (primary N) is 1. The van der Waals surface area contributed by atoms with Gasteiger partial charge >= 0.3 is 0 Å². The fraction of sp³-hybridized carbons (Fsp3) is 0.854. The van der Waals surface area contributed by atoms with Crippen molar-refractivity contribution in [1.29, 1.82) is 0 Å². The fourth-order valence-corrected chi connectivity index (χ4v) is 6.82. The molecule has 0 aliphatic heterocycles. The van der Waals surface area contributed by atoms with Crippen LogP contribution in [0.2, 0.25) is 0 Å². The van der Waals surface area contributed by atoms with Crippen LogP contribution < -0.4 is 5.73 Å². The number of rotatable bonds is 36. The molecule has 9 nitrogen and oxygen atoms in total. The Morgan fingerprint density at radius 2 is 1.04 bits per heavy atom. The standard InChI is InChI=1S/C41H75N3O6/c1-3-5-7-9-11-13-15-17-19-21-23-25-27-29-36(45)38(47)40(49)41(50,39(48)35(42)31-34-32-43-33-44-34)37(46)30-28-26-24-22-20-18-16-14-12-10-8-6-4-2/h32-33,35,38,40,47,49-50H,3-31,42H2,1-2H3,(H,43,44)/t35-,38?,40?,41?/m0/s1. The molecule has 1 aromatic rings. The van der Waals surface area contributed by atoms with Gasteiger partial charge in [0.25, 0.3) is 0 Å². The van der Waals surface area contributed by atoms with Gasteiger partial charge in [-0.2, -0.15) is 0 Å². The number of unbranched alkanes of at least 4 members (excludes halogenated alkanes) is 24. The molecule has 50 heavy (non-hydrogen) atoms. The van der Waals surface area contributed by atoms with E-state index in [1.807, 2.05) is 0 Å². The van der Waals surface area contributed by atoms with Crippen molar-refractivity contribution in [3.8, 4) is 0 Å². The lowest BCUT2D eigenvalue weighted by molar-refractivity contribution is -0.175. The maximum atomic E-state index is 13.5. The van der Waals surface area contributed by atoms with Crippen LogP contribution in [0.25, 0.3) is 0 Å². The molecule has 1 heterocycles. The summed E-state index contributed by atoms with van der Waals surface area (Å²) in [5.74, 6) is -2.71. The minimum absolute atomic E-state index is 0.00645. The van der Waals surface area contributed by atoms with E-state index in [9.17, 15) is 29.7 Å². The highest BCUT2D eigenvalue weighted by Crippen LogP contribution is 2.25. The molecule has 0 aromatic carbocycles. The van der Waals surface area contributed by atoms with Crippen LogP contribution >= 0.6 is 0 Å². The molecule has 1 aromatic heterocycles. The number of carbonyl (C=O) groups is 3. The second kappa shape index (κ2) is 29.6. The number of hydrogen-bond donors (Lipinski definition) is 5. The number of carbonyl (C=O) groups excluding carboxylic acids is 3. The third-order valence-corrected chi connectivity index (χ3v) is 10.2. The molecule has 0 saturated carbocycles. The van der Waals surface area contributed by atoms with Crippen molar-refractivity contribution in [3.63, 3.8) is 0 Å². The Labute approximate surface area is 304 Å². The van der Waals surface area contributed by atoms with E-state index in [4.69, 9.17) is 5.73 Å². The number of hydrogen-bond acceptors (Lipinski definition) is 8. The number of nitrogens with zero attached hydrogens (tertiary/aromatic N) is 1. The summed E-state index contributed by atoms with van der Waals surface area (Å²) in [6, 6.07) is -1.35. The van der Waals surface area contributed by atoms with Gasteiger partial charge in [-0.25, -0.2) is 4.98 Å².